The van der Waals surface area contributed by atoms with Gasteiger partial charge in [0.1, 0.15) is 5.60 Å². The fourth-order valence-electron chi connectivity index (χ4n) is 3.73. The van der Waals surface area contributed by atoms with Crippen molar-refractivity contribution < 1.29 is 66.4 Å². The van der Waals surface area contributed by atoms with Crippen LogP contribution in [0, 0.1) is 0 Å². The zero-order chi connectivity index (χ0) is 36.1. The number of hydrogen-bond donors (Lipinski definition) is 0. The SMILES string of the molecule is CC(C)(C)OC(=O)CCOCCOCCOCCOCCOCCOCCOCCOCCOCCOCCOCCOCc1ccccc1. The monoisotopic (exact) mass is 720 g/mol. The molecule has 0 aliphatic carbocycles. The van der Waals surface area contributed by atoms with Gasteiger partial charge >= 0.3 is 5.97 Å². The van der Waals surface area contributed by atoms with Crippen LogP contribution < -0.4 is 0 Å². The first kappa shape index (κ1) is 46.2. The minimum absolute atomic E-state index is 0.231. The lowest BCUT2D eigenvalue weighted by Crippen LogP contribution is -2.24. The van der Waals surface area contributed by atoms with Gasteiger partial charge < -0.3 is 61.6 Å². The third-order valence-electron chi connectivity index (χ3n) is 6.07. The van der Waals surface area contributed by atoms with Gasteiger partial charge in [0.25, 0.3) is 0 Å². The highest BCUT2D eigenvalue weighted by molar-refractivity contribution is 5.69. The first-order valence-electron chi connectivity index (χ1n) is 17.7. The second-order valence-corrected chi connectivity index (χ2v) is 11.6. The highest BCUT2D eigenvalue weighted by Gasteiger charge is 2.15. The molecule has 0 fully saturated rings. The third-order valence-corrected chi connectivity index (χ3v) is 6.07. The van der Waals surface area contributed by atoms with Gasteiger partial charge in [-0.3, -0.25) is 4.79 Å². The van der Waals surface area contributed by atoms with Gasteiger partial charge in [-0.1, -0.05) is 30.3 Å². The molecule has 0 bridgehead atoms. The number of hydrogen-bond acceptors (Lipinski definition) is 14. The number of carbonyl (C=O) groups is 1. The van der Waals surface area contributed by atoms with Gasteiger partial charge in [-0.2, -0.15) is 0 Å². The largest absolute Gasteiger partial charge is 0.460 e. The molecular formula is C36H64O14. The minimum atomic E-state index is -0.475. The summed E-state index contributed by atoms with van der Waals surface area (Å²) in [6.45, 7) is 17.4. The molecule has 0 spiro atoms. The molecule has 14 nitrogen and oxygen atoms in total. The molecule has 0 atom stereocenters. The van der Waals surface area contributed by atoms with Crippen LogP contribution in [0.2, 0.25) is 0 Å². The molecular weight excluding hydrogens is 656 g/mol. The highest BCUT2D eigenvalue weighted by Crippen LogP contribution is 2.08. The molecule has 0 amide bonds. The maximum absolute atomic E-state index is 11.6. The molecule has 0 unspecified atom stereocenters. The molecule has 0 saturated carbocycles. The van der Waals surface area contributed by atoms with Gasteiger partial charge in [0.2, 0.25) is 0 Å². The van der Waals surface area contributed by atoms with Crippen LogP contribution in [0.3, 0.4) is 0 Å². The van der Waals surface area contributed by atoms with Gasteiger partial charge in [-0.25, -0.2) is 0 Å². The summed E-state index contributed by atoms with van der Waals surface area (Å²) in [6.07, 6.45) is 0.231. The quantitative estimate of drug-likeness (QED) is 0.0731. The van der Waals surface area contributed by atoms with Crippen molar-refractivity contribution in [2.45, 2.75) is 39.4 Å². The topological polar surface area (TPSA) is 137 Å². The molecule has 0 aliphatic heterocycles. The number of benzene rings is 1. The summed E-state index contributed by atoms with van der Waals surface area (Å²) in [4.78, 5) is 11.6. The van der Waals surface area contributed by atoms with Gasteiger partial charge in [0.15, 0.2) is 0 Å². The lowest BCUT2D eigenvalue weighted by Gasteiger charge is -2.19. The molecule has 0 saturated heterocycles. The van der Waals surface area contributed by atoms with Crippen molar-refractivity contribution in [2.24, 2.45) is 0 Å². The van der Waals surface area contributed by atoms with E-state index in [1.807, 2.05) is 51.1 Å². The maximum Gasteiger partial charge on any atom is 0.308 e. The van der Waals surface area contributed by atoms with E-state index in [1.54, 1.807) is 0 Å². The molecule has 1 rings (SSSR count). The lowest BCUT2D eigenvalue weighted by atomic mass is 10.2. The average molecular weight is 721 g/mol. The molecule has 0 heterocycles. The molecule has 0 aromatic heterocycles. The zero-order valence-corrected chi connectivity index (χ0v) is 30.8. The van der Waals surface area contributed by atoms with E-state index in [4.69, 9.17) is 61.6 Å². The lowest BCUT2D eigenvalue weighted by molar-refractivity contribution is -0.156. The molecule has 292 valence electrons. The van der Waals surface area contributed by atoms with Crippen LogP contribution in [0.4, 0.5) is 0 Å². The van der Waals surface area contributed by atoms with E-state index >= 15 is 0 Å². The Bertz CT molecular complexity index is 840. The van der Waals surface area contributed by atoms with Crippen LogP contribution in [0.5, 0.6) is 0 Å². The fourth-order valence-corrected chi connectivity index (χ4v) is 3.73. The predicted molar refractivity (Wildman–Crippen MR) is 186 cm³/mol. The van der Waals surface area contributed by atoms with Crippen LogP contribution in [-0.4, -0.2) is 164 Å². The average Bonchev–Trinajstić information content (AvgIpc) is 3.09. The van der Waals surface area contributed by atoms with Crippen molar-refractivity contribution in [3.8, 4) is 0 Å². The van der Waals surface area contributed by atoms with E-state index in [0.29, 0.717) is 159 Å². The molecule has 0 aliphatic rings. The predicted octanol–water partition coefficient (Wildman–Crippen LogP) is 3.12. The fraction of sp³-hybridized carbons (Fsp3) is 0.806. The van der Waals surface area contributed by atoms with Crippen molar-refractivity contribution >= 4 is 5.97 Å². The second-order valence-electron chi connectivity index (χ2n) is 11.6. The second kappa shape index (κ2) is 35.6. The summed E-state index contributed by atoms with van der Waals surface area (Å²) in [5.74, 6) is -0.265. The maximum atomic E-state index is 11.6. The first-order chi connectivity index (χ1) is 24.5. The minimum Gasteiger partial charge on any atom is -0.460 e. The Hall–Kier alpha value is -1.79. The van der Waals surface area contributed by atoms with Crippen LogP contribution in [-0.2, 0) is 73.0 Å². The van der Waals surface area contributed by atoms with Crippen LogP contribution >= 0.6 is 0 Å². The highest BCUT2D eigenvalue weighted by atomic mass is 16.6. The smallest absolute Gasteiger partial charge is 0.308 e. The van der Waals surface area contributed by atoms with E-state index in [-0.39, 0.29) is 12.4 Å². The van der Waals surface area contributed by atoms with Crippen molar-refractivity contribution in [3.05, 3.63) is 35.9 Å². The van der Waals surface area contributed by atoms with E-state index in [2.05, 4.69) is 0 Å². The Kier molecular flexibility index (Phi) is 32.9. The molecule has 0 radical (unpaired) electrons. The van der Waals surface area contributed by atoms with E-state index < -0.39 is 5.60 Å². The zero-order valence-electron chi connectivity index (χ0n) is 30.8. The summed E-state index contributed by atoms with van der Waals surface area (Å²) in [7, 11) is 0. The van der Waals surface area contributed by atoms with Gasteiger partial charge in [-0.05, 0) is 26.3 Å². The van der Waals surface area contributed by atoms with Crippen molar-refractivity contribution in [2.75, 3.05) is 152 Å². The van der Waals surface area contributed by atoms with E-state index in [0.717, 1.165) is 5.56 Å². The van der Waals surface area contributed by atoms with Crippen molar-refractivity contribution in [1.82, 2.24) is 0 Å². The summed E-state index contributed by atoms with van der Waals surface area (Å²) >= 11 is 0. The van der Waals surface area contributed by atoms with Gasteiger partial charge in [0.05, 0.1) is 165 Å². The van der Waals surface area contributed by atoms with Crippen LogP contribution in [0.15, 0.2) is 30.3 Å². The van der Waals surface area contributed by atoms with Crippen LogP contribution in [0.25, 0.3) is 0 Å². The summed E-state index contributed by atoms with van der Waals surface area (Å²) in [5, 5.41) is 0. The first-order valence-corrected chi connectivity index (χ1v) is 17.7. The Morgan fingerprint density at radius 3 is 0.940 bits per heavy atom. The van der Waals surface area contributed by atoms with E-state index in [9.17, 15) is 4.79 Å². The Balaban J connectivity index is 1.63. The summed E-state index contributed by atoms with van der Waals surface area (Å²) in [6, 6.07) is 10.1. The molecule has 0 N–H and O–H groups in total. The molecule has 50 heavy (non-hydrogen) atoms. The van der Waals surface area contributed by atoms with Gasteiger partial charge in [-0.15, -0.1) is 0 Å². The standard InChI is InChI=1S/C36H64O14/c1-36(2,3)50-35(37)9-10-38-11-12-39-13-14-40-15-16-41-17-18-42-19-20-43-21-22-44-23-24-45-25-26-46-27-28-47-29-30-48-31-32-49-33-34-7-5-4-6-8-34/h4-8H,9-33H2,1-3H3. The normalized spacial score (nSPS) is 11.7. The summed E-state index contributed by atoms with van der Waals surface area (Å²) in [5.41, 5.74) is 0.681. The number of esters is 1. The molecule has 14 heteroatoms. The summed E-state index contributed by atoms with van der Waals surface area (Å²) < 4.78 is 70.9. The number of rotatable bonds is 38. The number of ether oxygens (including phenoxy) is 13. The number of carbonyl (C=O) groups excluding carboxylic acids is 1. The molecule has 1 aromatic carbocycles. The van der Waals surface area contributed by atoms with Crippen molar-refractivity contribution in [1.29, 1.82) is 0 Å². The van der Waals surface area contributed by atoms with Crippen LogP contribution in [0.1, 0.15) is 32.8 Å². The Morgan fingerprint density at radius 1 is 0.400 bits per heavy atom. The third kappa shape index (κ3) is 36.0. The van der Waals surface area contributed by atoms with Crippen molar-refractivity contribution in [3.63, 3.8) is 0 Å². The van der Waals surface area contributed by atoms with E-state index in [1.165, 1.54) is 0 Å². The van der Waals surface area contributed by atoms with Gasteiger partial charge in [0, 0.05) is 0 Å². The Labute approximate surface area is 299 Å². The molecule has 1 aromatic rings. The Morgan fingerprint density at radius 2 is 0.660 bits per heavy atom.